The first-order valence-corrected chi connectivity index (χ1v) is 5.26. The maximum Gasteiger partial charge on any atom is 0.130 e. The van der Waals surface area contributed by atoms with E-state index in [4.69, 9.17) is 0 Å². The molecular weight excluding hydrogens is 244 g/mol. The maximum absolute atomic E-state index is 4.12. The van der Waals surface area contributed by atoms with Crippen LogP contribution < -0.4 is 5.32 Å². The lowest BCUT2D eigenvalue weighted by atomic mass is 10.3. The van der Waals surface area contributed by atoms with Crippen molar-refractivity contribution < 1.29 is 0 Å². The van der Waals surface area contributed by atoms with E-state index in [1.807, 2.05) is 20.2 Å². The van der Waals surface area contributed by atoms with E-state index in [9.17, 15) is 0 Å². The fourth-order valence-corrected chi connectivity index (χ4v) is 1.57. The van der Waals surface area contributed by atoms with Crippen molar-refractivity contribution in [3.63, 3.8) is 0 Å². The van der Waals surface area contributed by atoms with Gasteiger partial charge in [0.05, 0.1) is 0 Å². The minimum absolute atomic E-state index is 0.367. The number of aromatic nitrogens is 2. The zero-order valence-electron chi connectivity index (χ0n) is 8.66. The molecule has 0 spiro atoms. The molecule has 1 atom stereocenters. The van der Waals surface area contributed by atoms with Gasteiger partial charge < -0.3 is 10.2 Å². The fraction of sp³-hybridized carbons (Fsp3) is 0.556. The van der Waals surface area contributed by atoms with Crippen molar-refractivity contribution in [2.45, 2.75) is 13.0 Å². The van der Waals surface area contributed by atoms with Gasteiger partial charge in [0.2, 0.25) is 0 Å². The molecule has 1 rings (SSSR count). The summed E-state index contributed by atoms with van der Waals surface area (Å²) in [6.07, 6.45) is 1.54. The van der Waals surface area contributed by atoms with Crippen LogP contribution in [0.4, 0.5) is 5.82 Å². The Labute approximate surface area is 92.9 Å². The summed E-state index contributed by atoms with van der Waals surface area (Å²) in [4.78, 5) is 10.2. The predicted molar refractivity (Wildman–Crippen MR) is 61.4 cm³/mol. The third kappa shape index (κ3) is 4.02. The Morgan fingerprint density at radius 2 is 2.21 bits per heavy atom. The van der Waals surface area contributed by atoms with Gasteiger partial charge in [0, 0.05) is 18.7 Å². The second-order valence-electron chi connectivity index (χ2n) is 3.53. The van der Waals surface area contributed by atoms with E-state index in [2.05, 4.69) is 43.0 Å². The molecule has 14 heavy (non-hydrogen) atoms. The molecule has 1 heterocycles. The SMILES string of the molecule is CC(CN(C)C)Nc1cc(Br)ncn1. The second kappa shape index (κ2) is 5.26. The molecule has 4 nitrogen and oxygen atoms in total. The van der Waals surface area contributed by atoms with E-state index in [-0.39, 0.29) is 0 Å². The highest BCUT2D eigenvalue weighted by molar-refractivity contribution is 9.10. The second-order valence-corrected chi connectivity index (χ2v) is 4.35. The summed E-state index contributed by atoms with van der Waals surface area (Å²) < 4.78 is 0.798. The summed E-state index contributed by atoms with van der Waals surface area (Å²) in [5.41, 5.74) is 0. The quantitative estimate of drug-likeness (QED) is 0.834. The zero-order valence-corrected chi connectivity index (χ0v) is 10.2. The molecule has 0 aliphatic carbocycles. The molecule has 0 aromatic carbocycles. The Balaban J connectivity index is 2.51. The highest BCUT2D eigenvalue weighted by Crippen LogP contribution is 2.10. The topological polar surface area (TPSA) is 41.0 Å². The van der Waals surface area contributed by atoms with Gasteiger partial charge in [-0.3, -0.25) is 0 Å². The summed E-state index contributed by atoms with van der Waals surface area (Å²) in [6, 6.07) is 2.23. The lowest BCUT2D eigenvalue weighted by Crippen LogP contribution is -2.29. The van der Waals surface area contributed by atoms with E-state index in [1.165, 1.54) is 6.33 Å². The number of hydrogen-bond donors (Lipinski definition) is 1. The molecule has 0 aliphatic rings. The Morgan fingerprint density at radius 1 is 1.50 bits per heavy atom. The van der Waals surface area contributed by atoms with Gasteiger partial charge in [-0.1, -0.05) is 0 Å². The summed E-state index contributed by atoms with van der Waals surface area (Å²) in [5, 5.41) is 3.29. The van der Waals surface area contributed by atoms with Gasteiger partial charge >= 0.3 is 0 Å². The minimum Gasteiger partial charge on any atom is -0.366 e. The summed E-state index contributed by atoms with van der Waals surface area (Å²) in [7, 11) is 4.10. The van der Waals surface area contributed by atoms with Crippen molar-refractivity contribution in [1.82, 2.24) is 14.9 Å². The number of halogens is 1. The minimum atomic E-state index is 0.367. The van der Waals surface area contributed by atoms with Crippen LogP contribution in [0.3, 0.4) is 0 Å². The molecule has 0 saturated carbocycles. The lowest BCUT2D eigenvalue weighted by molar-refractivity contribution is 0.392. The van der Waals surface area contributed by atoms with E-state index < -0.39 is 0 Å². The molecule has 0 bridgehead atoms. The largest absolute Gasteiger partial charge is 0.366 e. The van der Waals surface area contributed by atoms with Gasteiger partial charge in [-0.15, -0.1) is 0 Å². The first-order chi connectivity index (χ1) is 6.58. The highest BCUT2D eigenvalue weighted by atomic mass is 79.9. The Bertz CT molecular complexity index is 290. The molecule has 0 saturated heterocycles. The fourth-order valence-electron chi connectivity index (χ4n) is 1.26. The van der Waals surface area contributed by atoms with E-state index in [0.717, 1.165) is 17.0 Å². The third-order valence-corrected chi connectivity index (χ3v) is 2.10. The van der Waals surface area contributed by atoms with E-state index >= 15 is 0 Å². The van der Waals surface area contributed by atoms with Crippen molar-refractivity contribution in [2.75, 3.05) is 26.0 Å². The smallest absolute Gasteiger partial charge is 0.130 e. The maximum atomic E-state index is 4.12. The number of likely N-dealkylation sites (N-methyl/N-ethyl adjacent to an activating group) is 1. The number of hydrogen-bond acceptors (Lipinski definition) is 4. The average Bonchev–Trinajstić information content (AvgIpc) is 2.01. The van der Waals surface area contributed by atoms with Crippen molar-refractivity contribution >= 4 is 21.7 Å². The monoisotopic (exact) mass is 258 g/mol. The number of nitrogens with zero attached hydrogens (tertiary/aromatic N) is 3. The Hall–Kier alpha value is -0.680. The Kier molecular flexibility index (Phi) is 4.28. The van der Waals surface area contributed by atoms with Crippen molar-refractivity contribution in [2.24, 2.45) is 0 Å². The van der Waals surface area contributed by atoms with Crippen LogP contribution in [0, 0.1) is 0 Å². The molecule has 78 valence electrons. The molecule has 1 aromatic rings. The molecule has 0 amide bonds. The third-order valence-electron chi connectivity index (χ3n) is 1.67. The highest BCUT2D eigenvalue weighted by Gasteiger charge is 2.04. The first kappa shape index (κ1) is 11.4. The van der Waals surface area contributed by atoms with Crippen LogP contribution in [0.25, 0.3) is 0 Å². The van der Waals surface area contributed by atoms with Gasteiger partial charge in [-0.25, -0.2) is 9.97 Å². The molecule has 5 heteroatoms. The van der Waals surface area contributed by atoms with Gasteiger partial charge in [0.15, 0.2) is 0 Å². The molecule has 0 radical (unpaired) electrons. The number of anilines is 1. The van der Waals surface area contributed by atoms with Crippen molar-refractivity contribution in [3.8, 4) is 0 Å². The molecule has 1 N–H and O–H groups in total. The van der Waals surface area contributed by atoms with Gasteiger partial charge in [-0.05, 0) is 36.9 Å². The molecule has 1 aromatic heterocycles. The van der Waals surface area contributed by atoms with Crippen molar-refractivity contribution in [3.05, 3.63) is 17.0 Å². The van der Waals surface area contributed by atoms with Crippen LogP contribution in [0.15, 0.2) is 17.0 Å². The zero-order chi connectivity index (χ0) is 10.6. The summed E-state index contributed by atoms with van der Waals surface area (Å²) in [6.45, 7) is 3.09. The van der Waals surface area contributed by atoms with Crippen LogP contribution in [-0.2, 0) is 0 Å². The summed E-state index contributed by atoms with van der Waals surface area (Å²) in [5.74, 6) is 0.848. The van der Waals surface area contributed by atoms with Crippen LogP contribution in [-0.4, -0.2) is 41.5 Å². The van der Waals surface area contributed by atoms with Crippen LogP contribution in [0.5, 0.6) is 0 Å². The van der Waals surface area contributed by atoms with Crippen LogP contribution in [0.2, 0.25) is 0 Å². The van der Waals surface area contributed by atoms with E-state index in [0.29, 0.717) is 6.04 Å². The van der Waals surface area contributed by atoms with Gasteiger partial charge in [0.25, 0.3) is 0 Å². The molecule has 0 fully saturated rings. The standard InChI is InChI=1S/C9H15BrN4/c1-7(5-14(2)3)13-9-4-8(10)11-6-12-9/h4,6-7H,5H2,1-3H3,(H,11,12,13). The first-order valence-electron chi connectivity index (χ1n) is 4.46. The predicted octanol–water partition coefficient (Wildman–Crippen LogP) is 1.60. The number of nitrogens with one attached hydrogen (secondary N) is 1. The molecular formula is C9H15BrN4. The molecule has 1 unspecified atom stereocenters. The van der Waals surface area contributed by atoms with E-state index in [1.54, 1.807) is 0 Å². The average molecular weight is 259 g/mol. The van der Waals surface area contributed by atoms with Crippen molar-refractivity contribution in [1.29, 1.82) is 0 Å². The van der Waals surface area contributed by atoms with Crippen LogP contribution in [0.1, 0.15) is 6.92 Å². The van der Waals surface area contributed by atoms with Gasteiger partial charge in [-0.2, -0.15) is 0 Å². The number of rotatable bonds is 4. The van der Waals surface area contributed by atoms with Gasteiger partial charge in [0.1, 0.15) is 16.7 Å². The summed E-state index contributed by atoms with van der Waals surface area (Å²) >= 11 is 3.30. The lowest BCUT2D eigenvalue weighted by Gasteiger charge is -2.18. The van der Waals surface area contributed by atoms with Crippen LogP contribution >= 0.6 is 15.9 Å². The normalized spacial score (nSPS) is 12.9. The molecule has 0 aliphatic heterocycles. The Morgan fingerprint density at radius 3 is 2.79 bits per heavy atom.